The number of fused-ring (bicyclic) bond motifs is 1. The first-order valence-corrected chi connectivity index (χ1v) is 13.1. The zero-order valence-corrected chi connectivity index (χ0v) is 21.7. The number of aryl methyl sites for hydroxylation is 1. The van der Waals surface area contributed by atoms with E-state index in [-0.39, 0.29) is 17.9 Å². The van der Waals surface area contributed by atoms with Crippen LogP contribution in [-0.2, 0) is 16.1 Å². The number of nitrogens with zero attached hydrogens (tertiary/aromatic N) is 3. The SMILES string of the molecule is COCCN1C(=O)c2ccccc2C(C(=O)N2CCN(Cc3ccc(C)cc3)CC2)C1c1ccccc1. The third-order valence-corrected chi connectivity index (χ3v) is 7.59. The van der Waals surface area contributed by atoms with Gasteiger partial charge in [0.15, 0.2) is 0 Å². The average molecular weight is 498 g/mol. The third kappa shape index (κ3) is 5.31. The van der Waals surface area contributed by atoms with Gasteiger partial charge in [-0.05, 0) is 29.7 Å². The summed E-state index contributed by atoms with van der Waals surface area (Å²) >= 11 is 0. The molecular weight excluding hydrogens is 462 g/mol. The number of ether oxygens (including phenoxy) is 1. The lowest BCUT2D eigenvalue weighted by Crippen LogP contribution is -2.53. The van der Waals surface area contributed by atoms with E-state index >= 15 is 0 Å². The molecule has 0 bridgehead atoms. The summed E-state index contributed by atoms with van der Waals surface area (Å²) in [6, 6.07) is 25.8. The van der Waals surface area contributed by atoms with Crippen LogP contribution in [0.1, 0.15) is 44.6 Å². The van der Waals surface area contributed by atoms with Crippen LogP contribution in [0.2, 0.25) is 0 Å². The van der Waals surface area contributed by atoms with Crippen molar-refractivity contribution < 1.29 is 14.3 Å². The first-order chi connectivity index (χ1) is 18.1. The summed E-state index contributed by atoms with van der Waals surface area (Å²) in [5.74, 6) is -0.420. The van der Waals surface area contributed by atoms with E-state index in [0.29, 0.717) is 31.8 Å². The van der Waals surface area contributed by atoms with Gasteiger partial charge < -0.3 is 14.5 Å². The number of carbonyl (C=O) groups is 2. The van der Waals surface area contributed by atoms with Crippen molar-refractivity contribution in [3.8, 4) is 0 Å². The number of carbonyl (C=O) groups excluding carboxylic acids is 2. The minimum atomic E-state index is -0.461. The molecule has 2 atom stereocenters. The van der Waals surface area contributed by atoms with Crippen LogP contribution in [0.5, 0.6) is 0 Å². The van der Waals surface area contributed by atoms with Crippen molar-refractivity contribution >= 4 is 11.8 Å². The van der Waals surface area contributed by atoms with Gasteiger partial charge in [0.1, 0.15) is 0 Å². The van der Waals surface area contributed by atoms with Gasteiger partial charge in [0.2, 0.25) is 5.91 Å². The van der Waals surface area contributed by atoms with Gasteiger partial charge in [-0.1, -0.05) is 78.4 Å². The average Bonchev–Trinajstić information content (AvgIpc) is 2.94. The van der Waals surface area contributed by atoms with Gasteiger partial charge in [0, 0.05) is 51.9 Å². The lowest BCUT2D eigenvalue weighted by Gasteiger charge is -2.44. The van der Waals surface area contributed by atoms with Crippen molar-refractivity contribution in [1.29, 1.82) is 0 Å². The molecule has 6 nitrogen and oxygen atoms in total. The van der Waals surface area contributed by atoms with Crippen molar-refractivity contribution in [3.63, 3.8) is 0 Å². The zero-order valence-electron chi connectivity index (χ0n) is 21.7. The first kappa shape index (κ1) is 25.2. The van der Waals surface area contributed by atoms with Crippen molar-refractivity contribution in [3.05, 3.63) is 107 Å². The zero-order chi connectivity index (χ0) is 25.8. The fourth-order valence-electron chi connectivity index (χ4n) is 5.59. The van der Waals surface area contributed by atoms with Gasteiger partial charge in [-0.25, -0.2) is 0 Å². The Kier molecular flexibility index (Phi) is 7.68. The van der Waals surface area contributed by atoms with E-state index < -0.39 is 5.92 Å². The fraction of sp³-hybridized carbons (Fsp3) is 0.355. The van der Waals surface area contributed by atoms with Crippen LogP contribution in [0, 0.1) is 6.92 Å². The standard InChI is InChI=1S/C31H35N3O3/c1-23-12-14-24(15-13-23)22-32-16-18-33(19-17-32)31(36)28-26-10-6-7-11-27(26)30(35)34(20-21-37-2)29(28)25-8-4-3-5-9-25/h3-15,28-29H,16-22H2,1-2H3. The molecule has 6 heteroatoms. The van der Waals surface area contributed by atoms with Crippen LogP contribution in [-0.4, -0.2) is 73.0 Å². The number of methoxy groups -OCH3 is 1. The molecule has 2 unspecified atom stereocenters. The van der Waals surface area contributed by atoms with Gasteiger partial charge in [-0.3, -0.25) is 14.5 Å². The highest BCUT2D eigenvalue weighted by Gasteiger charge is 2.45. The molecule has 0 spiro atoms. The Morgan fingerprint density at radius 1 is 0.892 bits per heavy atom. The van der Waals surface area contributed by atoms with Gasteiger partial charge >= 0.3 is 0 Å². The molecule has 5 rings (SSSR count). The van der Waals surface area contributed by atoms with Gasteiger partial charge in [0.25, 0.3) is 5.91 Å². The molecule has 0 saturated carbocycles. The summed E-state index contributed by atoms with van der Waals surface area (Å²) in [6.45, 7) is 6.85. The summed E-state index contributed by atoms with van der Waals surface area (Å²) < 4.78 is 5.35. The topological polar surface area (TPSA) is 53.1 Å². The fourth-order valence-corrected chi connectivity index (χ4v) is 5.59. The molecule has 37 heavy (non-hydrogen) atoms. The highest BCUT2D eigenvalue weighted by Crippen LogP contribution is 2.43. The molecule has 0 radical (unpaired) electrons. The van der Waals surface area contributed by atoms with E-state index in [1.165, 1.54) is 11.1 Å². The maximum absolute atomic E-state index is 14.3. The quantitative estimate of drug-likeness (QED) is 0.489. The Hall–Kier alpha value is -3.48. The summed E-state index contributed by atoms with van der Waals surface area (Å²) in [5, 5.41) is 0. The van der Waals surface area contributed by atoms with Crippen LogP contribution >= 0.6 is 0 Å². The van der Waals surface area contributed by atoms with Gasteiger partial charge in [-0.15, -0.1) is 0 Å². The van der Waals surface area contributed by atoms with Crippen molar-refractivity contribution in [2.45, 2.75) is 25.4 Å². The van der Waals surface area contributed by atoms with E-state index in [2.05, 4.69) is 36.1 Å². The highest BCUT2D eigenvalue weighted by molar-refractivity contribution is 6.01. The van der Waals surface area contributed by atoms with Crippen molar-refractivity contribution in [2.24, 2.45) is 0 Å². The molecule has 2 aliphatic rings. The van der Waals surface area contributed by atoms with E-state index in [4.69, 9.17) is 4.74 Å². The Balaban J connectivity index is 1.41. The van der Waals surface area contributed by atoms with E-state index in [1.807, 2.05) is 64.4 Å². The van der Waals surface area contributed by atoms with Crippen LogP contribution in [0.25, 0.3) is 0 Å². The first-order valence-electron chi connectivity index (χ1n) is 13.1. The number of hydrogen-bond acceptors (Lipinski definition) is 4. The molecule has 2 heterocycles. The molecule has 2 amide bonds. The lowest BCUT2D eigenvalue weighted by atomic mass is 9.78. The minimum absolute atomic E-state index is 0.0477. The second-order valence-corrected chi connectivity index (χ2v) is 10.00. The van der Waals surface area contributed by atoms with E-state index in [1.54, 1.807) is 7.11 Å². The largest absolute Gasteiger partial charge is 0.383 e. The van der Waals surface area contributed by atoms with E-state index in [0.717, 1.165) is 30.8 Å². The number of piperazine rings is 1. The summed E-state index contributed by atoms with van der Waals surface area (Å²) in [4.78, 5) is 34.1. The molecule has 3 aromatic rings. The molecule has 192 valence electrons. The molecule has 3 aromatic carbocycles. The van der Waals surface area contributed by atoms with Crippen LogP contribution in [0.3, 0.4) is 0 Å². The number of benzene rings is 3. The van der Waals surface area contributed by atoms with Crippen LogP contribution < -0.4 is 0 Å². The normalized spacial score (nSPS) is 20.1. The summed E-state index contributed by atoms with van der Waals surface area (Å²) in [7, 11) is 1.64. The second kappa shape index (κ2) is 11.3. The van der Waals surface area contributed by atoms with Crippen LogP contribution in [0.4, 0.5) is 0 Å². The van der Waals surface area contributed by atoms with Crippen LogP contribution in [0.15, 0.2) is 78.9 Å². The smallest absolute Gasteiger partial charge is 0.254 e. The lowest BCUT2D eigenvalue weighted by molar-refractivity contribution is -0.136. The monoisotopic (exact) mass is 497 g/mol. The van der Waals surface area contributed by atoms with Gasteiger partial charge in [-0.2, -0.15) is 0 Å². The summed E-state index contributed by atoms with van der Waals surface area (Å²) in [6.07, 6.45) is 0. The number of rotatable bonds is 7. The molecule has 0 N–H and O–H groups in total. The molecular formula is C31H35N3O3. The maximum atomic E-state index is 14.3. The third-order valence-electron chi connectivity index (χ3n) is 7.59. The predicted molar refractivity (Wildman–Crippen MR) is 144 cm³/mol. The summed E-state index contributed by atoms with van der Waals surface area (Å²) in [5.41, 5.74) is 4.96. The minimum Gasteiger partial charge on any atom is -0.383 e. The second-order valence-electron chi connectivity index (χ2n) is 10.00. The van der Waals surface area contributed by atoms with Crippen molar-refractivity contribution in [1.82, 2.24) is 14.7 Å². The Morgan fingerprint density at radius 2 is 1.57 bits per heavy atom. The Bertz CT molecular complexity index is 1220. The number of hydrogen-bond donors (Lipinski definition) is 0. The molecule has 1 fully saturated rings. The maximum Gasteiger partial charge on any atom is 0.254 e. The Labute approximate surface area is 219 Å². The molecule has 0 aromatic heterocycles. The van der Waals surface area contributed by atoms with Gasteiger partial charge in [0.05, 0.1) is 18.6 Å². The molecule has 1 saturated heterocycles. The van der Waals surface area contributed by atoms with E-state index in [9.17, 15) is 9.59 Å². The van der Waals surface area contributed by atoms with Crippen molar-refractivity contribution in [2.75, 3.05) is 46.4 Å². The predicted octanol–water partition coefficient (Wildman–Crippen LogP) is 4.27. The number of amides is 2. The molecule has 2 aliphatic heterocycles. The highest BCUT2D eigenvalue weighted by atomic mass is 16.5. The molecule has 0 aliphatic carbocycles. The Morgan fingerprint density at radius 3 is 2.27 bits per heavy atom.